The topological polar surface area (TPSA) is 72.0 Å². The lowest BCUT2D eigenvalue weighted by Crippen LogP contribution is -2.45. The molecule has 0 bridgehead atoms. The number of carbonyl (C=O) groups excluding carboxylic acids is 1. The van der Waals surface area contributed by atoms with E-state index >= 15 is 0 Å². The first-order valence-electron chi connectivity index (χ1n) is 11.0. The Kier molecular flexibility index (Phi) is 12.1. The summed E-state index contributed by atoms with van der Waals surface area (Å²) in [6.07, 6.45) is 0. The predicted molar refractivity (Wildman–Crippen MR) is 127 cm³/mol. The standard InChI is InChI=1S/C23H42N6O/c1-8-24-23(26-13-15-29(18(2)3)19(4)5)27-17-20-10-9-11-21(16-20)22(30)25-12-14-28(6)7/h9-11,16,18-19H,8,12-15,17H2,1-7H3,(H,25,30)(H2,24,26,27). The van der Waals surface area contributed by atoms with Gasteiger partial charge in [-0.3, -0.25) is 9.69 Å². The maximum Gasteiger partial charge on any atom is 0.251 e. The Bertz CT molecular complexity index is 649. The number of nitrogens with one attached hydrogen (secondary N) is 3. The fourth-order valence-electron chi connectivity index (χ4n) is 3.23. The zero-order valence-electron chi connectivity index (χ0n) is 20.0. The molecule has 7 heteroatoms. The summed E-state index contributed by atoms with van der Waals surface area (Å²) >= 11 is 0. The van der Waals surface area contributed by atoms with Gasteiger partial charge in [0.25, 0.3) is 5.91 Å². The van der Waals surface area contributed by atoms with Crippen molar-refractivity contribution in [1.82, 2.24) is 25.8 Å². The number of benzene rings is 1. The highest BCUT2D eigenvalue weighted by Gasteiger charge is 2.12. The highest BCUT2D eigenvalue weighted by Crippen LogP contribution is 2.07. The molecule has 170 valence electrons. The Morgan fingerprint density at radius 3 is 2.27 bits per heavy atom. The molecule has 3 N–H and O–H groups in total. The van der Waals surface area contributed by atoms with E-state index in [1.807, 2.05) is 43.3 Å². The number of aliphatic imine (C=N–C) groups is 1. The first-order valence-corrected chi connectivity index (χ1v) is 11.0. The molecule has 0 aromatic heterocycles. The Morgan fingerprint density at radius 1 is 1.00 bits per heavy atom. The van der Waals surface area contributed by atoms with Gasteiger partial charge in [0.2, 0.25) is 0 Å². The molecular weight excluding hydrogens is 376 g/mol. The summed E-state index contributed by atoms with van der Waals surface area (Å²) in [5.74, 6) is 0.751. The van der Waals surface area contributed by atoms with Gasteiger partial charge in [-0.2, -0.15) is 0 Å². The lowest BCUT2D eigenvalue weighted by molar-refractivity contribution is 0.0951. The van der Waals surface area contributed by atoms with Gasteiger partial charge in [-0.1, -0.05) is 12.1 Å². The minimum absolute atomic E-state index is 0.0461. The summed E-state index contributed by atoms with van der Waals surface area (Å²) in [5.41, 5.74) is 1.68. The van der Waals surface area contributed by atoms with Crippen molar-refractivity contribution in [2.75, 3.05) is 46.8 Å². The van der Waals surface area contributed by atoms with E-state index in [1.165, 1.54) is 0 Å². The molecule has 0 radical (unpaired) electrons. The second-order valence-corrected chi connectivity index (χ2v) is 8.31. The van der Waals surface area contributed by atoms with Crippen LogP contribution in [0.1, 0.15) is 50.5 Å². The van der Waals surface area contributed by atoms with E-state index in [0.29, 0.717) is 30.7 Å². The van der Waals surface area contributed by atoms with Crippen molar-refractivity contribution in [1.29, 1.82) is 0 Å². The summed E-state index contributed by atoms with van der Waals surface area (Å²) in [4.78, 5) is 21.5. The van der Waals surface area contributed by atoms with E-state index in [2.05, 4.69) is 55.5 Å². The van der Waals surface area contributed by atoms with Crippen molar-refractivity contribution in [3.8, 4) is 0 Å². The van der Waals surface area contributed by atoms with Crippen molar-refractivity contribution in [3.63, 3.8) is 0 Å². The van der Waals surface area contributed by atoms with Gasteiger partial charge >= 0.3 is 0 Å². The fraction of sp³-hybridized carbons (Fsp3) is 0.652. The maximum absolute atomic E-state index is 12.3. The van der Waals surface area contributed by atoms with Crippen LogP contribution in [0, 0.1) is 0 Å². The third kappa shape index (κ3) is 10.1. The SMILES string of the molecule is CCNC(=NCc1cccc(C(=O)NCCN(C)C)c1)NCCN(C(C)C)C(C)C. The molecule has 0 aliphatic heterocycles. The quantitative estimate of drug-likeness (QED) is 0.358. The summed E-state index contributed by atoms with van der Waals surface area (Å²) in [6, 6.07) is 8.69. The molecule has 0 aliphatic rings. The van der Waals surface area contributed by atoms with Crippen molar-refractivity contribution >= 4 is 11.9 Å². The molecule has 1 amide bonds. The first-order chi connectivity index (χ1) is 14.2. The van der Waals surface area contributed by atoms with E-state index in [0.717, 1.165) is 37.7 Å². The van der Waals surface area contributed by atoms with Crippen LogP contribution in [-0.2, 0) is 6.54 Å². The number of rotatable bonds is 12. The molecule has 0 saturated carbocycles. The van der Waals surface area contributed by atoms with Gasteiger partial charge in [0.1, 0.15) is 0 Å². The number of amides is 1. The number of hydrogen-bond donors (Lipinski definition) is 3. The molecule has 0 atom stereocenters. The Morgan fingerprint density at radius 2 is 1.67 bits per heavy atom. The second-order valence-electron chi connectivity index (χ2n) is 8.31. The minimum Gasteiger partial charge on any atom is -0.357 e. The van der Waals surface area contributed by atoms with Crippen LogP contribution >= 0.6 is 0 Å². The van der Waals surface area contributed by atoms with Crippen molar-refractivity contribution in [2.24, 2.45) is 4.99 Å². The molecule has 0 unspecified atom stereocenters. The van der Waals surface area contributed by atoms with Crippen LogP contribution in [-0.4, -0.2) is 80.6 Å². The molecule has 1 rings (SSSR count). The van der Waals surface area contributed by atoms with E-state index in [9.17, 15) is 4.79 Å². The van der Waals surface area contributed by atoms with Crippen LogP contribution in [0.5, 0.6) is 0 Å². The molecule has 0 spiro atoms. The van der Waals surface area contributed by atoms with Gasteiger partial charge in [0, 0.05) is 50.4 Å². The zero-order valence-corrected chi connectivity index (χ0v) is 20.0. The minimum atomic E-state index is -0.0461. The smallest absolute Gasteiger partial charge is 0.251 e. The molecule has 0 aliphatic carbocycles. The van der Waals surface area contributed by atoms with Gasteiger partial charge in [-0.05, 0) is 66.4 Å². The highest BCUT2D eigenvalue weighted by atomic mass is 16.1. The van der Waals surface area contributed by atoms with Crippen LogP contribution in [0.25, 0.3) is 0 Å². The van der Waals surface area contributed by atoms with E-state index in [1.54, 1.807) is 0 Å². The number of hydrogen-bond acceptors (Lipinski definition) is 4. The van der Waals surface area contributed by atoms with Crippen LogP contribution in [0.2, 0.25) is 0 Å². The predicted octanol–water partition coefficient (Wildman–Crippen LogP) is 2.15. The van der Waals surface area contributed by atoms with Crippen LogP contribution in [0.15, 0.2) is 29.3 Å². The number of likely N-dealkylation sites (N-methyl/N-ethyl adjacent to an activating group) is 1. The van der Waals surface area contributed by atoms with Gasteiger partial charge in [-0.15, -0.1) is 0 Å². The van der Waals surface area contributed by atoms with Crippen LogP contribution in [0.3, 0.4) is 0 Å². The van der Waals surface area contributed by atoms with E-state index in [4.69, 9.17) is 4.99 Å². The lowest BCUT2D eigenvalue weighted by Gasteiger charge is -2.30. The molecule has 0 fully saturated rings. The fourth-order valence-corrected chi connectivity index (χ4v) is 3.23. The number of guanidine groups is 1. The van der Waals surface area contributed by atoms with Gasteiger partial charge in [0.05, 0.1) is 6.54 Å². The third-order valence-electron chi connectivity index (χ3n) is 4.79. The summed E-state index contributed by atoms with van der Waals surface area (Å²) in [6.45, 7) is 15.5. The molecule has 1 aromatic carbocycles. The van der Waals surface area contributed by atoms with Crippen molar-refractivity contribution in [2.45, 2.75) is 53.2 Å². The maximum atomic E-state index is 12.3. The number of carbonyl (C=O) groups is 1. The van der Waals surface area contributed by atoms with Crippen molar-refractivity contribution < 1.29 is 4.79 Å². The van der Waals surface area contributed by atoms with E-state index in [-0.39, 0.29) is 5.91 Å². The third-order valence-corrected chi connectivity index (χ3v) is 4.79. The van der Waals surface area contributed by atoms with Crippen LogP contribution < -0.4 is 16.0 Å². The Balaban J connectivity index is 2.66. The largest absolute Gasteiger partial charge is 0.357 e. The van der Waals surface area contributed by atoms with Gasteiger partial charge in [-0.25, -0.2) is 4.99 Å². The molecule has 1 aromatic rings. The summed E-state index contributed by atoms with van der Waals surface area (Å²) in [7, 11) is 3.98. The molecule has 0 saturated heterocycles. The monoisotopic (exact) mass is 418 g/mol. The lowest BCUT2D eigenvalue weighted by atomic mass is 10.1. The summed E-state index contributed by atoms with van der Waals surface area (Å²) in [5, 5.41) is 9.67. The van der Waals surface area contributed by atoms with Crippen LogP contribution in [0.4, 0.5) is 0 Å². The molecule has 30 heavy (non-hydrogen) atoms. The van der Waals surface area contributed by atoms with Gasteiger partial charge < -0.3 is 20.9 Å². The molecular formula is C23H42N6O. The zero-order chi connectivity index (χ0) is 22.5. The highest BCUT2D eigenvalue weighted by molar-refractivity contribution is 5.94. The number of nitrogens with zero attached hydrogens (tertiary/aromatic N) is 3. The van der Waals surface area contributed by atoms with Gasteiger partial charge in [0.15, 0.2) is 5.96 Å². The Hall–Kier alpha value is -2.12. The molecule has 7 nitrogen and oxygen atoms in total. The van der Waals surface area contributed by atoms with Crippen molar-refractivity contribution in [3.05, 3.63) is 35.4 Å². The van der Waals surface area contributed by atoms with E-state index < -0.39 is 0 Å². The average molecular weight is 419 g/mol. The summed E-state index contributed by atoms with van der Waals surface area (Å²) < 4.78 is 0. The molecule has 0 heterocycles. The normalized spacial score (nSPS) is 12.2. The first kappa shape index (κ1) is 25.9. The Labute approximate surface area is 183 Å². The second kappa shape index (κ2) is 14.0. The average Bonchev–Trinajstić information content (AvgIpc) is 2.68.